The lowest BCUT2D eigenvalue weighted by atomic mass is 9.89. The van der Waals surface area contributed by atoms with Crippen LogP contribution in [0.1, 0.15) is 37.0 Å². The van der Waals surface area contributed by atoms with Gasteiger partial charge in [-0.15, -0.1) is 0 Å². The molecular weight excluding hydrogens is 237 g/mol. The largest absolute Gasteiger partial charge is 0.398 e. The van der Waals surface area contributed by atoms with E-state index in [-0.39, 0.29) is 17.5 Å². The molecule has 1 aromatic carbocycles. The van der Waals surface area contributed by atoms with E-state index in [9.17, 15) is 4.79 Å². The van der Waals surface area contributed by atoms with Crippen LogP contribution >= 0.6 is 0 Å². The Morgan fingerprint density at radius 2 is 2.26 bits per heavy atom. The van der Waals surface area contributed by atoms with Crippen molar-refractivity contribution in [3.8, 4) is 0 Å². The van der Waals surface area contributed by atoms with Gasteiger partial charge in [0, 0.05) is 17.3 Å². The van der Waals surface area contributed by atoms with E-state index < -0.39 is 0 Å². The number of carbonyl (C=O) groups excluding carboxylic acids is 1. The summed E-state index contributed by atoms with van der Waals surface area (Å²) in [6.07, 6.45) is 1.84. The molecule has 0 aliphatic carbocycles. The normalized spacial score (nSPS) is 21.9. The fraction of sp³-hybridized carbons (Fsp3) is 0.500. The Balaban J connectivity index is 2.04. The molecule has 0 spiro atoms. The molecule has 1 saturated heterocycles. The highest BCUT2D eigenvalue weighted by molar-refractivity contribution is 6.32. The second-order valence-electron chi connectivity index (χ2n) is 5.82. The Kier molecular flexibility index (Phi) is 3.85. The van der Waals surface area contributed by atoms with E-state index in [1.54, 1.807) is 18.2 Å². The lowest BCUT2D eigenvalue weighted by molar-refractivity contribution is 0.0917. The second kappa shape index (κ2) is 5.25. The molecule has 1 unspecified atom stereocenters. The zero-order chi connectivity index (χ0) is 14.0. The van der Waals surface area contributed by atoms with Gasteiger partial charge in [-0.25, -0.2) is 0 Å². The molecule has 1 heterocycles. The molecule has 1 aromatic rings. The molecule has 2 rings (SSSR count). The van der Waals surface area contributed by atoms with Gasteiger partial charge in [-0.2, -0.15) is 0 Å². The third kappa shape index (κ3) is 3.50. The van der Waals surface area contributed by atoms with Gasteiger partial charge in [-0.3, -0.25) is 4.79 Å². The zero-order valence-corrected chi connectivity index (χ0v) is 11.5. The van der Waals surface area contributed by atoms with E-state index in [4.69, 9.17) is 13.6 Å². The number of amides is 1. The number of piperidine rings is 1. The van der Waals surface area contributed by atoms with Crippen LogP contribution in [-0.4, -0.2) is 31.9 Å². The highest BCUT2D eigenvalue weighted by atomic mass is 16.1. The van der Waals surface area contributed by atoms with Crippen LogP contribution in [-0.2, 0) is 0 Å². The molecule has 1 amide bonds. The topological polar surface area (TPSA) is 67.2 Å². The van der Waals surface area contributed by atoms with E-state index in [2.05, 4.69) is 24.5 Å². The summed E-state index contributed by atoms with van der Waals surface area (Å²) in [6, 6.07) is 5.16. The van der Waals surface area contributed by atoms with E-state index in [0.29, 0.717) is 16.7 Å². The predicted octanol–water partition coefficient (Wildman–Crippen LogP) is 0.323. The first-order valence-corrected chi connectivity index (χ1v) is 6.58. The Morgan fingerprint density at radius 3 is 2.89 bits per heavy atom. The second-order valence-corrected chi connectivity index (χ2v) is 5.82. The van der Waals surface area contributed by atoms with E-state index in [1.807, 2.05) is 0 Å². The highest BCUT2D eigenvalue weighted by Gasteiger charge is 2.28. The molecule has 1 atom stereocenters. The third-order valence-electron chi connectivity index (χ3n) is 3.51. The number of hydrogen-bond donors (Lipinski definition) is 3. The number of nitrogens with two attached hydrogens (primary N) is 1. The van der Waals surface area contributed by atoms with Crippen LogP contribution in [0.15, 0.2) is 18.2 Å². The van der Waals surface area contributed by atoms with Crippen LogP contribution in [0.5, 0.6) is 0 Å². The van der Waals surface area contributed by atoms with Gasteiger partial charge in [-0.05, 0) is 45.4 Å². The van der Waals surface area contributed by atoms with Crippen molar-refractivity contribution >= 4 is 24.9 Å². The molecular formula is C14H20BN3O. The molecule has 0 bridgehead atoms. The Hall–Kier alpha value is -1.49. The zero-order valence-electron chi connectivity index (χ0n) is 11.5. The average Bonchev–Trinajstić information content (AvgIpc) is 2.27. The molecule has 0 aromatic heterocycles. The smallest absolute Gasteiger partial charge is 0.253 e. The van der Waals surface area contributed by atoms with Crippen molar-refractivity contribution in [1.29, 1.82) is 0 Å². The third-order valence-corrected chi connectivity index (χ3v) is 3.51. The summed E-state index contributed by atoms with van der Waals surface area (Å²) in [7, 11) is 5.63. The molecule has 2 radical (unpaired) electrons. The van der Waals surface area contributed by atoms with Crippen molar-refractivity contribution in [3.05, 3.63) is 23.8 Å². The summed E-state index contributed by atoms with van der Waals surface area (Å²) in [6.45, 7) is 5.20. The quantitative estimate of drug-likeness (QED) is 0.528. The van der Waals surface area contributed by atoms with Crippen LogP contribution in [0.25, 0.3) is 0 Å². The van der Waals surface area contributed by atoms with E-state index >= 15 is 0 Å². The summed E-state index contributed by atoms with van der Waals surface area (Å²) in [4.78, 5) is 12.2. The molecule has 1 fully saturated rings. The van der Waals surface area contributed by atoms with Gasteiger partial charge >= 0.3 is 0 Å². The number of nitrogen functional groups attached to an aromatic ring is 1. The average molecular weight is 257 g/mol. The van der Waals surface area contributed by atoms with Gasteiger partial charge in [0.1, 0.15) is 7.85 Å². The fourth-order valence-corrected chi connectivity index (χ4v) is 2.55. The van der Waals surface area contributed by atoms with Gasteiger partial charge in [0.25, 0.3) is 5.91 Å². The maximum atomic E-state index is 12.2. The molecule has 100 valence electrons. The van der Waals surface area contributed by atoms with Crippen molar-refractivity contribution in [3.63, 3.8) is 0 Å². The minimum atomic E-state index is -0.125. The Bertz CT molecular complexity index is 488. The maximum absolute atomic E-state index is 12.2. The van der Waals surface area contributed by atoms with Crippen molar-refractivity contribution < 1.29 is 4.79 Å². The molecule has 1 aliphatic rings. The first kappa shape index (κ1) is 13.9. The minimum absolute atomic E-state index is 0.0584. The summed E-state index contributed by atoms with van der Waals surface area (Å²) in [5.41, 5.74) is 7.37. The van der Waals surface area contributed by atoms with Crippen molar-refractivity contribution in [2.24, 2.45) is 0 Å². The predicted molar refractivity (Wildman–Crippen MR) is 78.8 cm³/mol. The SMILES string of the molecule is [B]c1ccc(C(=O)NC2CCNC(C)(C)C2)c(N)c1. The van der Waals surface area contributed by atoms with Crippen LogP contribution in [0.2, 0.25) is 0 Å². The van der Waals surface area contributed by atoms with Gasteiger partial charge in [0.2, 0.25) is 0 Å². The van der Waals surface area contributed by atoms with E-state index in [1.165, 1.54) is 0 Å². The maximum Gasteiger partial charge on any atom is 0.253 e. The van der Waals surface area contributed by atoms with Crippen LogP contribution in [0.3, 0.4) is 0 Å². The minimum Gasteiger partial charge on any atom is -0.398 e. The number of carbonyl (C=O) groups is 1. The summed E-state index contributed by atoms with van der Waals surface area (Å²) in [5, 5.41) is 6.48. The van der Waals surface area contributed by atoms with Crippen molar-refractivity contribution in [1.82, 2.24) is 10.6 Å². The first-order chi connectivity index (χ1) is 8.87. The standard InChI is InChI=1S/C14H20BN3O/c1-14(2)8-10(5-6-17-14)18-13(19)11-4-3-9(15)7-12(11)16/h3-4,7,10,17H,5-6,8,16H2,1-2H3,(H,18,19). The van der Waals surface area contributed by atoms with E-state index in [0.717, 1.165) is 19.4 Å². The van der Waals surface area contributed by atoms with Gasteiger partial charge in [0.15, 0.2) is 0 Å². The lowest BCUT2D eigenvalue weighted by Gasteiger charge is -2.36. The van der Waals surface area contributed by atoms with Crippen LogP contribution < -0.4 is 21.8 Å². The summed E-state index contributed by atoms with van der Waals surface area (Å²) in [5.74, 6) is -0.125. The molecule has 5 heteroatoms. The number of anilines is 1. The summed E-state index contributed by atoms with van der Waals surface area (Å²) < 4.78 is 0. The Morgan fingerprint density at radius 1 is 1.53 bits per heavy atom. The monoisotopic (exact) mass is 257 g/mol. The summed E-state index contributed by atoms with van der Waals surface area (Å²) >= 11 is 0. The molecule has 0 saturated carbocycles. The number of benzene rings is 1. The molecule has 4 nitrogen and oxygen atoms in total. The lowest BCUT2D eigenvalue weighted by Crippen LogP contribution is -2.53. The van der Waals surface area contributed by atoms with Gasteiger partial charge < -0.3 is 16.4 Å². The number of nitrogens with one attached hydrogen (secondary N) is 2. The van der Waals surface area contributed by atoms with Crippen LogP contribution in [0.4, 0.5) is 5.69 Å². The van der Waals surface area contributed by atoms with Gasteiger partial charge in [0.05, 0.1) is 5.56 Å². The molecule has 4 N–H and O–H groups in total. The first-order valence-electron chi connectivity index (χ1n) is 6.58. The van der Waals surface area contributed by atoms with Crippen molar-refractivity contribution in [2.45, 2.75) is 38.3 Å². The fourth-order valence-electron chi connectivity index (χ4n) is 2.55. The van der Waals surface area contributed by atoms with Crippen molar-refractivity contribution in [2.75, 3.05) is 12.3 Å². The molecule has 1 aliphatic heterocycles. The molecule has 19 heavy (non-hydrogen) atoms. The van der Waals surface area contributed by atoms with Gasteiger partial charge in [-0.1, -0.05) is 11.5 Å². The number of rotatable bonds is 2. The highest BCUT2D eigenvalue weighted by Crippen LogP contribution is 2.19. The number of hydrogen-bond acceptors (Lipinski definition) is 3. The van der Waals surface area contributed by atoms with Crippen LogP contribution in [0, 0.1) is 0 Å². The Labute approximate surface area is 115 Å².